The second-order valence-electron chi connectivity index (χ2n) is 5.20. The van der Waals surface area contributed by atoms with E-state index in [1.807, 2.05) is 20.9 Å². The van der Waals surface area contributed by atoms with Crippen molar-refractivity contribution < 1.29 is 4.79 Å². The Bertz CT molecular complexity index is 219. The molecule has 0 spiro atoms. The molecule has 3 N–H and O–H groups in total. The molecule has 0 aliphatic rings. The summed E-state index contributed by atoms with van der Waals surface area (Å²) in [6.07, 6.45) is 1.09. The van der Waals surface area contributed by atoms with Gasteiger partial charge in [-0.3, -0.25) is 4.79 Å². The van der Waals surface area contributed by atoms with Gasteiger partial charge in [-0.1, -0.05) is 13.8 Å². The van der Waals surface area contributed by atoms with Gasteiger partial charge in [0.15, 0.2) is 0 Å². The van der Waals surface area contributed by atoms with Crippen LogP contribution < -0.4 is 11.1 Å². The molecule has 0 aromatic heterocycles. The molecular weight excluding hydrogens is 216 g/mol. The molecule has 17 heavy (non-hydrogen) atoms. The summed E-state index contributed by atoms with van der Waals surface area (Å²) in [6, 6.07) is 0.00188. The second kappa shape index (κ2) is 8.44. The summed E-state index contributed by atoms with van der Waals surface area (Å²) in [6.45, 7) is 6.73. The number of carbonyl (C=O) groups excluding carboxylic acids is 1. The Morgan fingerprint density at radius 1 is 1.24 bits per heavy atom. The quantitative estimate of drug-likeness (QED) is 0.586. The van der Waals surface area contributed by atoms with Crippen LogP contribution in [0.3, 0.4) is 0 Å². The monoisotopic (exact) mass is 244 g/mol. The Morgan fingerprint density at radius 3 is 2.24 bits per heavy atom. The van der Waals surface area contributed by atoms with Crippen molar-refractivity contribution >= 4 is 5.91 Å². The van der Waals surface area contributed by atoms with E-state index < -0.39 is 0 Å². The van der Waals surface area contributed by atoms with Crippen LogP contribution in [-0.4, -0.2) is 68.6 Å². The van der Waals surface area contributed by atoms with Crippen molar-refractivity contribution in [3.63, 3.8) is 0 Å². The first-order valence-electron chi connectivity index (χ1n) is 6.21. The molecule has 0 fully saturated rings. The molecule has 0 saturated carbocycles. The molecule has 102 valence electrons. The van der Waals surface area contributed by atoms with Crippen LogP contribution in [0.1, 0.15) is 20.3 Å². The lowest BCUT2D eigenvalue weighted by atomic mass is 10.2. The van der Waals surface area contributed by atoms with E-state index in [9.17, 15) is 4.79 Å². The molecule has 0 aromatic carbocycles. The predicted octanol–water partition coefficient (Wildman–Crippen LogP) is -0.278. The third-order valence-electron chi connectivity index (χ3n) is 2.52. The molecule has 0 aromatic rings. The van der Waals surface area contributed by atoms with Gasteiger partial charge in [-0.15, -0.1) is 0 Å². The Hall–Kier alpha value is -0.650. The van der Waals surface area contributed by atoms with E-state index in [0.29, 0.717) is 6.54 Å². The van der Waals surface area contributed by atoms with Crippen molar-refractivity contribution in [1.82, 2.24) is 15.1 Å². The van der Waals surface area contributed by atoms with Crippen molar-refractivity contribution in [3.05, 3.63) is 0 Å². The van der Waals surface area contributed by atoms with E-state index in [1.54, 1.807) is 0 Å². The molecule has 0 aliphatic carbocycles. The molecule has 1 atom stereocenters. The van der Waals surface area contributed by atoms with Crippen LogP contribution in [0.25, 0.3) is 0 Å². The van der Waals surface area contributed by atoms with Crippen molar-refractivity contribution in [3.8, 4) is 0 Å². The van der Waals surface area contributed by atoms with E-state index in [2.05, 4.69) is 29.2 Å². The van der Waals surface area contributed by atoms with Gasteiger partial charge in [0, 0.05) is 12.6 Å². The smallest absolute Gasteiger partial charge is 0.235 e. The van der Waals surface area contributed by atoms with Crippen molar-refractivity contribution in [2.45, 2.75) is 32.4 Å². The van der Waals surface area contributed by atoms with Crippen molar-refractivity contribution in [2.24, 2.45) is 5.73 Å². The molecular formula is C12H28N4O. The molecule has 0 aliphatic heterocycles. The first-order valence-corrected chi connectivity index (χ1v) is 6.21. The minimum atomic E-state index is -0.279. The van der Waals surface area contributed by atoms with E-state index in [4.69, 9.17) is 5.73 Å². The summed E-state index contributed by atoms with van der Waals surface area (Å²) in [5.74, 6) is -0.279. The highest BCUT2D eigenvalue weighted by Crippen LogP contribution is 1.94. The molecule has 5 heteroatoms. The van der Waals surface area contributed by atoms with Gasteiger partial charge in [-0.05, 0) is 40.7 Å². The van der Waals surface area contributed by atoms with Gasteiger partial charge >= 0.3 is 0 Å². The minimum absolute atomic E-state index is 0.264. The van der Waals surface area contributed by atoms with Gasteiger partial charge in [0.25, 0.3) is 0 Å². The van der Waals surface area contributed by atoms with Crippen LogP contribution >= 0.6 is 0 Å². The summed E-state index contributed by atoms with van der Waals surface area (Å²) in [4.78, 5) is 15.6. The van der Waals surface area contributed by atoms with Gasteiger partial charge in [0.1, 0.15) is 0 Å². The number of nitrogens with zero attached hydrogens (tertiary/aromatic N) is 2. The average molecular weight is 244 g/mol. The van der Waals surface area contributed by atoms with Gasteiger partial charge in [-0.25, -0.2) is 0 Å². The lowest BCUT2D eigenvalue weighted by molar-refractivity contribution is -0.120. The van der Waals surface area contributed by atoms with E-state index in [0.717, 1.165) is 19.5 Å². The highest BCUT2D eigenvalue weighted by Gasteiger charge is 2.17. The number of nitrogens with two attached hydrogens (primary N) is 1. The normalized spacial score (nSPS) is 13.6. The molecule has 0 bridgehead atoms. The minimum Gasteiger partial charge on any atom is -0.368 e. The van der Waals surface area contributed by atoms with Gasteiger partial charge in [-0.2, -0.15) is 0 Å². The highest BCUT2D eigenvalue weighted by atomic mass is 16.1. The van der Waals surface area contributed by atoms with Gasteiger partial charge in [0.05, 0.1) is 6.04 Å². The number of rotatable bonds is 9. The molecule has 0 heterocycles. The second-order valence-corrected chi connectivity index (χ2v) is 5.20. The maximum Gasteiger partial charge on any atom is 0.235 e. The third-order valence-corrected chi connectivity index (χ3v) is 2.52. The Labute approximate surface area is 105 Å². The molecule has 0 saturated heterocycles. The number of likely N-dealkylation sites (N-methyl/N-ethyl adjacent to an activating group) is 1. The summed E-state index contributed by atoms with van der Waals surface area (Å²) in [7, 11) is 6.15. The maximum atomic E-state index is 11.3. The fourth-order valence-corrected chi connectivity index (χ4v) is 1.69. The molecule has 5 nitrogen and oxygen atoms in total. The average Bonchev–Trinajstić information content (AvgIpc) is 2.15. The third kappa shape index (κ3) is 9.09. The Kier molecular flexibility index (Phi) is 8.12. The van der Waals surface area contributed by atoms with Crippen LogP contribution in [0.2, 0.25) is 0 Å². The number of hydrogen-bond donors (Lipinski definition) is 2. The summed E-state index contributed by atoms with van der Waals surface area (Å²) >= 11 is 0. The lowest BCUT2D eigenvalue weighted by Crippen LogP contribution is -2.50. The van der Waals surface area contributed by atoms with Gasteiger partial charge in [0.2, 0.25) is 5.91 Å². The summed E-state index contributed by atoms with van der Waals surface area (Å²) in [5.41, 5.74) is 5.37. The SMILES string of the molecule is CC(C)NC(CN(C)CCCN(C)C)C(N)=O. The zero-order valence-electron chi connectivity index (χ0n) is 11.9. The fourth-order valence-electron chi connectivity index (χ4n) is 1.69. The number of carbonyl (C=O) groups is 1. The van der Waals surface area contributed by atoms with Gasteiger partial charge < -0.3 is 20.9 Å². The van der Waals surface area contributed by atoms with Crippen molar-refractivity contribution in [1.29, 1.82) is 0 Å². The zero-order chi connectivity index (χ0) is 13.4. The zero-order valence-corrected chi connectivity index (χ0v) is 11.9. The molecule has 0 radical (unpaired) electrons. The highest BCUT2D eigenvalue weighted by molar-refractivity contribution is 5.80. The van der Waals surface area contributed by atoms with Crippen LogP contribution in [0.5, 0.6) is 0 Å². The van der Waals surface area contributed by atoms with Crippen LogP contribution in [-0.2, 0) is 4.79 Å². The maximum absolute atomic E-state index is 11.3. The first-order chi connectivity index (χ1) is 7.82. The number of hydrogen-bond acceptors (Lipinski definition) is 4. The number of amides is 1. The van der Waals surface area contributed by atoms with E-state index in [-0.39, 0.29) is 18.0 Å². The van der Waals surface area contributed by atoms with Crippen LogP contribution in [0.15, 0.2) is 0 Å². The predicted molar refractivity (Wildman–Crippen MR) is 71.9 cm³/mol. The Morgan fingerprint density at radius 2 is 1.82 bits per heavy atom. The van der Waals surface area contributed by atoms with E-state index in [1.165, 1.54) is 0 Å². The fraction of sp³-hybridized carbons (Fsp3) is 0.917. The van der Waals surface area contributed by atoms with Crippen LogP contribution in [0, 0.1) is 0 Å². The van der Waals surface area contributed by atoms with E-state index >= 15 is 0 Å². The lowest BCUT2D eigenvalue weighted by Gasteiger charge is -2.24. The number of nitrogens with one attached hydrogen (secondary N) is 1. The molecule has 1 amide bonds. The first kappa shape index (κ1) is 16.4. The van der Waals surface area contributed by atoms with Crippen molar-refractivity contribution in [2.75, 3.05) is 40.8 Å². The van der Waals surface area contributed by atoms with Crippen LogP contribution in [0.4, 0.5) is 0 Å². The Balaban J connectivity index is 3.95. The molecule has 1 unspecified atom stereocenters. The summed E-state index contributed by atoms with van der Waals surface area (Å²) in [5, 5.41) is 3.18. The summed E-state index contributed by atoms with van der Waals surface area (Å²) < 4.78 is 0. The number of primary amides is 1. The molecule has 0 rings (SSSR count). The largest absolute Gasteiger partial charge is 0.368 e. The standard InChI is InChI=1S/C12H28N4O/c1-10(2)14-11(12(13)17)9-16(5)8-6-7-15(3)4/h10-11,14H,6-9H2,1-5H3,(H2,13,17). The topological polar surface area (TPSA) is 61.6 Å².